The molecule has 22 heavy (non-hydrogen) atoms. The second-order valence-corrected chi connectivity index (χ2v) is 4.97. The van der Waals surface area contributed by atoms with Crippen molar-refractivity contribution in [2.45, 2.75) is 24.5 Å². The van der Waals surface area contributed by atoms with E-state index < -0.39 is 37.2 Å². The van der Waals surface area contributed by atoms with Crippen molar-refractivity contribution in [2.24, 2.45) is 5.29 Å². The number of amides is 2. The second-order valence-electron chi connectivity index (χ2n) is 4.59. The number of nitrogens with zero attached hydrogens (tertiary/aromatic N) is 3. The van der Waals surface area contributed by atoms with Gasteiger partial charge in [-0.15, -0.1) is 16.5 Å². The van der Waals surface area contributed by atoms with Gasteiger partial charge in [-0.3, -0.25) is 4.90 Å². The van der Waals surface area contributed by atoms with Gasteiger partial charge in [0.05, 0.1) is 25.0 Å². The third-order valence-electron chi connectivity index (χ3n) is 3.22. The van der Waals surface area contributed by atoms with E-state index >= 15 is 0 Å². The molecule has 1 unspecified atom stereocenters. The molecule has 0 saturated carbocycles. The van der Waals surface area contributed by atoms with Crippen LogP contribution in [0.5, 0.6) is 0 Å². The van der Waals surface area contributed by atoms with Gasteiger partial charge in [0.2, 0.25) is 0 Å². The number of aliphatic hydroxyl groups is 3. The lowest BCUT2D eigenvalue weighted by atomic mass is 10.1. The standard InChI is InChI=1S/C11H20ClN3O7/c1-21-5-4-14(11(19)15(13-20)3-2-12)10-9(18)8(17)7(6-16)22-10/h7-10,16-18H,2-6H2,1H3/t7-,8-,9-,10?/m1/s1. The van der Waals surface area contributed by atoms with Crippen LogP contribution in [0.1, 0.15) is 0 Å². The van der Waals surface area contributed by atoms with Gasteiger partial charge in [-0.2, -0.15) is 5.01 Å². The third-order valence-corrected chi connectivity index (χ3v) is 3.39. The Morgan fingerprint density at radius 1 is 1.36 bits per heavy atom. The van der Waals surface area contributed by atoms with Crippen LogP contribution >= 0.6 is 11.6 Å². The van der Waals surface area contributed by atoms with E-state index in [-0.39, 0.29) is 25.6 Å². The molecule has 3 N–H and O–H groups in total. The second kappa shape index (κ2) is 9.18. The number of urea groups is 1. The average molecular weight is 342 g/mol. The van der Waals surface area contributed by atoms with Crippen LogP contribution < -0.4 is 0 Å². The summed E-state index contributed by atoms with van der Waals surface area (Å²) in [5.41, 5.74) is 0. The van der Waals surface area contributed by atoms with Crippen LogP contribution in [-0.2, 0) is 9.47 Å². The van der Waals surface area contributed by atoms with Crippen molar-refractivity contribution in [1.29, 1.82) is 0 Å². The highest BCUT2D eigenvalue weighted by Gasteiger charge is 2.47. The highest BCUT2D eigenvalue weighted by atomic mass is 35.5. The maximum Gasteiger partial charge on any atom is 0.345 e. The first-order chi connectivity index (χ1) is 10.5. The number of hydrogen-bond acceptors (Lipinski definition) is 8. The van der Waals surface area contributed by atoms with Crippen LogP contribution in [0.4, 0.5) is 4.79 Å². The molecule has 1 aliphatic heterocycles. The fourth-order valence-corrected chi connectivity index (χ4v) is 2.22. The minimum atomic E-state index is -1.44. The molecule has 1 rings (SSSR count). The Hall–Kier alpha value is -1.04. The average Bonchev–Trinajstić information content (AvgIpc) is 2.81. The molecular formula is C11H20ClN3O7. The zero-order valence-corrected chi connectivity index (χ0v) is 12.8. The van der Waals surface area contributed by atoms with Crippen molar-refractivity contribution < 1.29 is 29.6 Å². The number of carbonyl (C=O) groups is 1. The molecule has 0 radical (unpaired) electrons. The summed E-state index contributed by atoms with van der Waals surface area (Å²) in [5.74, 6) is -0.00837. The lowest BCUT2D eigenvalue weighted by molar-refractivity contribution is -0.0873. The molecule has 0 bridgehead atoms. The summed E-state index contributed by atoms with van der Waals surface area (Å²) in [5, 5.41) is 32.0. The Labute approximate surface area is 132 Å². The first-order valence-corrected chi connectivity index (χ1v) is 7.14. The van der Waals surface area contributed by atoms with E-state index in [9.17, 15) is 19.9 Å². The van der Waals surface area contributed by atoms with Crippen molar-refractivity contribution in [3.63, 3.8) is 0 Å². The smallest absolute Gasteiger partial charge is 0.345 e. The Bertz CT molecular complexity index is 376. The molecule has 1 heterocycles. The van der Waals surface area contributed by atoms with Gasteiger partial charge in [0.1, 0.15) is 18.3 Å². The fourth-order valence-electron chi connectivity index (χ4n) is 2.06. The number of ether oxygens (including phenoxy) is 2. The van der Waals surface area contributed by atoms with E-state index in [1.165, 1.54) is 7.11 Å². The molecule has 1 fully saturated rings. The van der Waals surface area contributed by atoms with Gasteiger partial charge in [-0.05, 0) is 0 Å². The van der Waals surface area contributed by atoms with Crippen molar-refractivity contribution in [3.8, 4) is 0 Å². The highest BCUT2D eigenvalue weighted by molar-refractivity contribution is 6.18. The predicted octanol–water partition coefficient (Wildman–Crippen LogP) is -1.28. The first kappa shape index (κ1) is 19.0. The highest BCUT2D eigenvalue weighted by Crippen LogP contribution is 2.25. The zero-order chi connectivity index (χ0) is 16.7. The zero-order valence-electron chi connectivity index (χ0n) is 12.0. The molecule has 0 aromatic heterocycles. The van der Waals surface area contributed by atoms with Gasteiger partial charge in [-0.25, -0.2) is 4.79 Å². The van der Waals surface area contributed by atoms with E-state index in [1.807, 2.05) is 0 Å². The molecule has 0 spiro atoms. The summed E-state index contributed by atoms with van der Waals surface area (Å²) in [6.45, 7) is -0.567. The Balaban J connectivity index is 2.92. The largest absolute Gasteiger partial charge is 0.394 e. The molecule has 11 heteroatoms. The number of methoxy groups -OCH3 is 1. The lowest BCUT2D eigenvalue weighted by Crippen LogP contribution is -2.52. The molecule has 0 aromatic carbocycles. The Morgan fingerprint density at radius 3 is 2.50 bits per heavy atom. The van der Waals surface area contributed by atoms with Crippen LogP contribution in [0.25, 0.3) is 0 Å². The lowest BCUT2D eigenvalue weighted by Gasteiger charge is -2.31. The molecule has 1 aliphatic rings. The maximum absolute atomic E-state index is 12.3. The van der Waals surface area contributed by atoms with Crippen molar-refractivity contribution in [2.75, 3.05) is 39.3 Å². The molecule has 0 aliphatic carbocycles. The molecule has 0 aromatic rings. The summed E-state index contributed by atoms with van der Waals surface area (Å²) in [4.78, 5) is 24.1. The molecule has 4 atom stereocenters. The minimum absolute atomic E-state index is 0.00837. The van der Waals surface area contributed by atoms with E-state index in [2.05, 4.69) is 5.29 Å². The van der Waals surface area contributed by atoms with Crippen LogP contribution in [-0.4, -0.2) is 95.1 Å². The van der Waals surface area contributed by atoms with Gasteiger partial charge in [0.15, 0.2) is 6.23 Å². The van der Waals surface area contributed by atoms with Gasteiger partial charge >= 0.3 is 6.03 Å². The summed E-state index contributed by atoms with van der Waals surface area (Å²) in [7, 11) is 1.41. The minimum Gasteiger partial charge on any atom is -0.394 e. The molecule has 128 valence electrons. The first-order valence-electron chi connectivity index (χ1n) is 6.60. The third kappa shape index (κ3) is 4.24. The number of hydrogen-bond donors (Lipinski definition) is 3. The maximum atomic E-state index is 12.3. The number of rotatable bonds is 8. The van der Waals surface area contributed by atoms with E-state index in [0.717, 1.165) is 4.90 Å². The van der Waals surface area contributed by atoms with Gasteiger partial charge in [0, 0.05) is 19.5 Å². The Morgan fingerprint density at radius 2 is 2.05 bits per heavy atom. The number of nitroso groups, excluding NO2 is 1. The van der Waals surface area contributed by atoms with Crippen molar-refractivity contribution in [3.05, 3.63) is 4.91 Å². The van der Waals surface area contributed by atoms with Gasteiger partial charge in [-0.1, -0.05) is 0 Å². The van der Waals surface area contributed by atoms with Crippen molar-refractivity contribution >= 4 is 17.6 Å². The summed E-state index contributed by atoms with van der Waals surface area (Å²) < 4.78 is 10.2. The topological polar surface area (TPSA) is 132 Å². The number of aliphatic hydroxyl groups excluding tert-OH is 3. The van der Waals surface area contributed by atoms with E-state index in [1.54, 1.807) is 0 Å². The SMILES string of the molecule is COCCN(C(=O)N(CCCl)N=O)C1O[C@H](CO)[C@@H](O)[C@H]1O. The summed E-state index contributed by atoms with van der Waals surface area (Å²) >= 11 is 5.50. The molecular weight excluding hydrogens is 322 g/mol. The number of halogens is 1. The fraction of sp³-hybridized carbons (Fsp3) is 0.909. The predicted molar refractivity (Wildman–Crippen MR) is 75.0 cm³/mol. The van der Waals surface area contributed by atoms with E-state index in [4.69, 9.17) is 26.2 Å². The molecule has 10 nitrogen and oxygen atoms in total. The Kier molecular flexibility index (Phi) is 7.93. The van der Waals surface area contributed by atoms with Gasteiger partial charge in [0.25, 0.3) is 0 Å². The van der Waals surface area contributed by atoms with Crippen LogP contribution in [0.3, 0.4) is 0 Å². The summed E-state index contributed by atoms with van der Waals surface area (Å²) in [6.07, 6.45) is -5.08. The molecule has 2 amide bonds. The quantitative estimate of drug-likeness (QED) is 0.284. The number of carbonyl (C=O) groups excluding carboxylic acids is 1. The van der Waals surface area contributed by atoms with Crippen LogP contribution in [0.2, 0.25) is 0 Å². The van der Waals surface area contributed by atoms with Crippen LogP contribution in [0, 0.1) is 4.91 Å². The number of alkyl halides is 1. The monoisotopic (exact) mass is 341 g/mol. The summed E-state index contributed by atoms with van der Waals surface area (Å²) in [6, 6.07) is -0.845. The molecule has 1 saturated heterocycles. The van der Waals surface area contributed by atoms with Crippen molar-refractivity contribution in [1.82, 2.24) is 9.91 Å². The van der Waals surface area contributed by atoms with Gasteiger partial charge < -0.3 is 24.8 Å². The van der Waals surface area contributed by atoms with Crippen LogP contribution in [0.15, 0.2) is 5.29 Å². The van der Waals surface area contributed by atoms with E-state index in [0.29, 0.717) is 5.01 Å². The normalized spacial score (nSPS) is 27.7.